The van der Waals surface area contributed by atoms with Gasteiger partial charge in [-0.3, -0.25) is 9.59 Å². The third kappa shape index (κ3) is 7.95. The summed E-state index contributed by atoms with van der Waals surface area (Å²) in [4.78, 5) is 36.0. The van der Waals surface area contributed by atoms with Crippen LogP contribution in [0.25, 0.3) is 0 Å². The molecular weight excluding hydrogens is 406 g/mol. The first-order valence-electron chi connectivity index (χ1n) is 9.25. The molecule has 2 aromatic carbocycles. The number of carboxylic acid groups (broad SMARTS) is 1. The number of benzene rings is 2. The van der Waals surface area contributed by atoms with Crippen molar-refractivity contribution in [3.8, 4) is 0 Å². The van der Waals surface area contributed by atoms with Crippen molar-refractivity contribution in [1.82, 2.24) is 5.32 Å². The minimum absolute atomic E-state index is 0.103. The second-order valence-electron chi connectivity index (χ2n) is 6.77. The number of hydrogen-bond acceptors (Lipinski definition) is 5. The Kier molecular flexibility index (Phi) is 9.28. The molecule has 2 N–H and O–H groups in total. The van der Waals surface area contributed by atoms with E-state index < -0.39 is 17.9 Å². The number of nitrogens with one attached hydrogen (secondary N) is 1. The molecule has 7 heteroatoms. The van der Waals surface area contributed by atoms with Crippen molar-refractivity contribution in [3.63, 3.8) is 0 Å². The van der Waals surface area contributed by atoms with Crippen LogP contribution >= 0.6 is 23.5 Å². The normalized spacial score (nSPS) is 12.8. The lowest BCUT2D eigenvalue weighted by Gasteiger charge is -2.17. The molecule has 2 atom stereocenters. The molecule has 0 fully saturated rings. The van der Waals surface area contributed by atoms with Gasteiger partial charge < -0.3 is 10.4 Å². The lowest BCUT2D eigenvalue weighted by molar-refractivity contribution is -0.141. The van der Waals surface area contributed by atoms with E-state index in [1.54, 1.807) is 31.2 Å². The van der Waals surface area contributed by atoms with Gasteiger partial charge in [-0.1, -0.05) is 78.8 Å². The van der Waals surface area contributed by atoms with Gasteiger partial charge in [0.05, 0.1) is 0 Å². The second-order valence-corrected chi connectivity index (χ2v) is 8.79. The number of thioether (sulfide) groups is 2. The Morgan fingerprint density at radius 3 is 2.28 bits per heavy atom. The van der Waals surface area contributed by atoms with Crippen molar-refractivity contribution in [2.45, 2.75) is 25.6 Å². The van der Waals surface area contributed by atoms with Gasteiger partial charge in [-0.25, -0.2) is 4.79 Å². The van der Waals surface area contributed by atoms with E-state index in [1.165, 1.54) is 17.3 Å². The monoisotopic (exact) mass is 431 g/mol. The molecule has 0 radical (unpaired) electrons. The van der Waals surface area contributed by atoms with E-state index in [1.807, 2.05) is 37.3 Å². The van der Waals surface area contributed by atoms with Crippen molar-refractivity contribution >= 4 is 40.5 Å². The van der Waals surface area contributed by atoms with E-state index in [4.69, 9.17) is 0 Å². The van der Waals surface area contributed by atoms with Gasteiger partial charge in [0, 0.05) is 28.7 Å². The van der Waals surface area contributed by atoms with Crippen molar-refractivity contribution in [2.24, 2.45) is 5.92 Å². The van der Waals surface area contributed by atoms with E-state index in [9.17, 15) is 19.5 Å². The van der Waals surface area contributed by atoms with E-state index in [-0.39, 0.29) is 16.8 Å². The van der Waals surface area contributed by atoms with E-state index in [0.717, 1.165) is 17.3 Å². The van der Waals surface area contributed by atoms with Crippen LogP contribution in [0.4, 0.5) is 0 Å². The zero-order chi connectivity index (χ0) is 21.2. The Balaban J connectivity index is 1.79. The molecule has 1 amide bonds. The summed E-state index contributed by atoms with van der Waals surface area (Å²) in [6.07, 6.45) is 0. The quantitative estimate of drug-likeness (QED) is 0.591. The Morgan fingerprint density at radius 2 is 1.66 bits per heavy atom. The number of hydrogen-bond donors (Lipinski definition) is 2. The van der Waals surface area contributed by atoms with Gasteiger partial charge in [0.25, 0.3) is 0 Å². The van der Waals surface area contributed by atoms with Crippen molar-refractivity contribution in [2.75, 3.05) is 11.5 Å². The number of carbonyl (C=O) groups is 3. The van der Waals surface area contributed by atoms with Crippen LogP contribution in [-0.2, 0) is 15.3 Å². The van der Waals surface area contributed by atoms with Crippen LogP contribution in [0.3, 0.4) is 0 Å². The standard InChI is InChI=1S/C22H25NO4S2/c1-15-8-10-17(11-9-15)13-28-14-19(21(25)26)23-20(24)16(2)12-29-22(27)18-6-4-3-5-7-18/h3-11,16,19H,12-14H2,1-2H3,(H,23,24)(H,25,26)/t16?,19-/m0/s1. The average molecular weight is 432 g/mol. The molecule has 0 spiro atoms. The maximum Gasteiger partial charge on any atom is 0.327 e. The average Bonchev–Trinajstić information content (AvgIpc) is 2.72. The summed E-state index contributed by atoms with van der Waals surface area (Å²) in [5, 5.41) is 11.9. The number of carbonyl (C=O) groups excluding carboxylic acids is 2. The van der Waals surface area contributed by atoms with E-state index in [2.05, 4.69) is 5.32 Å². The number of rotatable bonds is 10. The molecule has 29 heavy (non-hydrogen) atoms. The van der Waals surface area contributed by atoms with Gasteiger partial charge >= 0.3 is 5.97 Å². The lowest BCUT2D eigenvalue weighted by Crippen LogP contribution is -2.45. The Hall–Kier alpha value is -2.25. The molecule has 0 saturated heterocycles. The highest BCUT2D eigenvalue weighted by atomic mass is 32.2. The Labute approximate surface area is 179 Å². The summed E-state index contributed by atoms with van der Waals surface area (Å²) in [5.74, 6) is -0.648. The highest BCUT2D eigenvalue weighted by Crippen LogP contribution is 2.17. The maximum absolute atomic E-state index is 12.4. The third-order valence-electron chi connectivity index (χ3n) is 4.21. The van der Waals surface area contributed by atoms with Crippen LogP contribution < -0.4 is 5.32 Å². The largest absolute Gasteiger partial charge is 0.480 e. The van der Waals surface area contributed by atoms with Gasteiger partial charge in [0.1, 0.15) is 6.04 Å². The van der Waals surface area contributed by atoms with Gasteiger partial charge in [0.2, 0.25) is 11.0 Å². The SMILES string of the molecule is Cc1ccc(CSC[C@H](NC(=O)C(C)CSC(=O)c2ccccc2)C(=O)O)cc1. The Morgan fingerprint density at radius 1 is 1.00 bits per heavy atom. The highest BCUT2D eigenvalue weighted by molar-refractivity contribution is 8.14. The summed E-state index contributed by atoms with van der Waals surface area (Å²) >= 11 is 2.53. The lowest BCUT2D eigenvalue weighted by atomic mass is 10.2. The third-order valence-corrected chi connectivity index (χ3v) is 6.48. The van der Waals surface area contributed by atoms with E-state index >= 15 is 0 Å². The minimum Gasteiger partial charge on any atom is -0.480 e. The summed E-state index contributed by atoms with van der Waals surface area (Å²) < 4.78 is 0. The molecular formula is C22H25NO4S2. The van der Waals surface area contributed by atoms with Crippen LogP contribution in [0.15, 0.2) is 54.6 Å². The van der Waals surface area contributed by atoms with Gasteiger partial charge in [-0.15, -0.1) is 0 Å². The topological polar surface area (TPSA) is 83.5 Å². The fourth-order valence-corrected chi connectivity index (χ4v) is 4.26. The molecule has 0 aromatic heterocycles. The second kappa shape index (κ2) is 11.7. The molecule has 0 bridgehead atoms. The molecule has 2 aromatic rings. The Bertz CT molecular complexity index is 824. The van der Waals surface area contributed by atoms with Crippen LogP contribution in [0.1, 0.15) is 28.4 Å². The van der Waals surface area contributed by atoms with Crippen LogP contribution in [-0.4, -0.2) is 39.6 Å². The number of aliphatic carboxylic acids is 1. The highest BCUT2D eigenvalue weighted by Gasteiger charge is 2.23. The number of carboxylic acids is 1. The van der Waals surface area contributed by atoms with Crippen molar-refractivity contribution < 1.29 is 19.5 Å². The summed E-state index contributed by atoms with van der Waals surface area (Å²) in [6, 6.07) is 16.0. The zero-order valence-corrected chi connectivity index (χ0v) is 18.1. The van der Waals surface area contributed by atoms with Gasteiger partial charge in [-0.05, 0) is 12.5 Å². The molecule has 5 nitrogen and oxygen atoms in total. The summed E-state index contributed by atoms with van der Waals surface area (Å²) in [7, 11) is 0. The number of aryl methyl sites for hydroxylation is 1. The fraction of sp³-hybridized carbons (Fsp3) is 0.318. The van der Waals surface area contributed by atoms with Crippen molar-refractivity contribution in [3.05, 3.63) is 71.3 Å². The molecule has 154 valence electrons. The fourth-order valence-electron chi connectivity index (χ4n) is 2.40. The predicted octanol–water partition coefficient (Wildman–Crippen LogP) is 4.01. The smallest absolute Gasteiger partial charge is 0.327 e. The van der Waals surface area contributed by atoms with E-state index in [0.29, 0.717) is 17.1 Å². The molecule has 0 aliphatic heterocycles. The van der Waals surface area contributed by atoms with Crippen LogP contribution in [0, 0.1) is 12.8 Å². The van der Waals surface area contributed by atoms with Crippen molar-refractivity contribution in [1.29, 1.82) is 0 Å². The first-order chi connectivity index (χ1) is 13.9. The van der Waals surface area contributed by atoms with Gasteiger partial charge in [-0.2, -0.15) is 11.8 Å². The first kappa shape index (κ1) is 23.0. The number of amides is 1. The molecule has 0 aliphatic rings. The summed E-state index contributed by atoms with van der Waals surface area (Å²) in [6.45, 7) is 3.71. The summed E-state index contributed by atoms with van der Waals surface area (Å²) in [5.41, 5.74) is 2.87. The minimum atomic E-state index is -1.06. The van der Waals surface area contributed by atoms with Crippen LogP contribution in [0.5, 0.6) is 0 Å². The van der Waals surface area contributed by atoms with Gasteiger partial charge in [0.15, 0.2) is 0 Å². The van der Waals surface area contributed by atoms with Crippen LogP contribution in [0.2, 0.25) is 0 Å². The first-order valence-corrected chi connectivity index (χ1v) is 11.4. The molecule has 0 heterocycles. The molecule has 0 aliphatic carbocycles. The molecule has 0 saturated carbocycles. The molecule has 1 unspecified atom stereocenters. The predicted molar refractivity (Wildman–Crippen MR) is 119 cm³/mol. The molecule has 2 rings (SSSR count). The maximum atomic E-state index is 12.4. The zero-order valence-electron chi connectivity index (χ0n) is 16.5.